The Morgan fingerprint density at radius 1 is 1.25 bits per heavy atom. The highest BCUT2D eigenvalue weighted by molar-refractivity contribution is 7.89. The number of hydrogen-bond acceptors (Lipinski definition) is 4. The number of aliphatic hydroxyl groups is 1. The first-order valence-corrected chi connectivity index (χ1v) is 7.77. The molecule has 0 bridgehead atoms. The van der Waals surface area contributed by atoms with Crippen LogP contribution in [0, 0.1) is 0 Å². The van der Waals surface area contributed by atoms with Crippen LogP contribution in [0.4, 0.5) is 0 Å². The molecule has 0 aliphatic heterocycles. The number of furan rings is 1. The van der Waals surface area contributed by atoms with Crippen molar-refractivity contribution in [1.82, 2.24) is 4.72 Å². The molecule has 1 atom stereocenters. The quantitative estimate of drug-likeness (QED) is 0.852. The molecule has 0 saturated carbocycles. The van der Waals surface area contributed by atoms with Crippen molar-refractivity contribution in [2.24, 2.45) is 0 Å². The molecule has 1 aromatic heterocycles. The van der Waals surface area contributed by atoms with Gasteiger partial charge in [-0.2, -0.15) is 0 Å². The number of benzene rings is 1. The van der Waals surface area contributed by atoms with E-state index in [4.69, 9.17) is 9.52 Å². The molecule has 2 rings (SSSR count). The molecule has 6 heteroatoms. The van der Waals surface area contributed by atoms with Gasteiger partial charge in [-0.3, -0.25) is 0 Å². The summed E-state index contributed by atoms with van der Waals surface area (Å²) in [6.07, 6.45) is 2.01. The van der Waals surface area contributed by atoms with Crippen LogP contribution >= 0.6 is 0 Å². The van der Waals surface area contributed by atoms with Crippen molar-refractivity contribution in [3.63, 3.8) is 0 Å². The Hall–Kier alpha value is -1.63. The normalized spacial score (nSPS) is 13.3. The summed E-state index contributed by atoms with van der Waals surface area (Å²) in [5, 5.41) is 8.83. The predicted molar refractivity (Wildman–Crippen MR) is 74.7 cm³/mol. The molecule has 0 saturated heterocycles. The molecule has 5 nitrogen and oxygen atoms in total. The SMILES string of the molecule is CC(NS(=O)(=O)c1ccc(CCO)cc1)c1ccco1. The highest BCUT2D eigenvalue weighted by Gasteiger charge is 2.19. The summed E-state index contributed by atoms with van der Waals surface area (Å²) < 4.78 is 32.1. The van der Waals surface area contributed by atoms with E-state index >= 15 is 0 Å². The largest absolute Gasteiger partial charge is 0.468 e. The van der Waals surface area contributed by atoms with Crippen LogP contribution < -0.4 is 4.72 Å². The van der Waals surface area contributed by atoms with Gasteiger partial charge in [-0.1, -0.05) is 12.1 Å². The standard InChI is InChI=1S/C14H17NO4S/c1-11(14-3-2-10-19-14)15-20(17,18)13-6-4-12(5-7-13)8-9-16/h2-7,10-11,15-16H,8-9H2,1H3. The molecule has 0 aliphatic carbocycles. The minimum absolute atomic E-state index is 0.0415. The van der Waals surface area contributed by atoms with Crippen molar-refractivity contribution in [2.45, 2.75) is 24.3 Å². The van der Waals surface area contributed by atoms with Crippen molar-refractivity contribution in [1.29, 1.82) is 0 Å². The van der Waals surface area contributed by atoms with Crippen molar-refractivity contribution < 1.29 is 17.9 Å². The smallest absolute Gasteiger partial charge is 0.241 e. The summed E-state index contributed by atoms with van der Waals surface area (Å²) in [5.74, 6) is 0.561. The average molecular weight is 295 g/mol. The maximum absolute atomic E-state index is 12.2. The summed E-state index contributed by atoms with van der Waals surface area (Å²) in [6, 6.07) is 9.45. The van der Waals surface area contributed by atoms with Crippen molar-refractivity contribution >= 4 is 10.0 Å². The van der Waals surface area contributed by atoms with E-state index in [1.807, 2.05) is 0 Å². The van der Waals surface area contributed by atoms with Gasteiger partial charge >= 0.3 is 0 Å². The fourth-order valence-electron chi connectivity index (χ4n) is 1.86. The highest BCUT2D eigenvalue weighted by Crippen LogP contribution is 2.17. The summed E-state index contributed by atoms with van der Waals surface area (Å²) in [5.41, 5.74) is 0.894. The lowest BCUT2D eigenvalue weighted by atomic mass is 10.2. The molecule has 20 heavy (non-hydrogen) atoms. The lowest BCUT2D eigenvalue weighted by Crippen LogP contribution is -2.26. The van der Waals surface area contributed by atoms with Gasteiger partial charge in [0.25, 0.3) is 0 Å². The molecule has 1 heterocycles. The van der Waals surface area contributed by atoms with Crippen LogP contribution in [-0.2, 0) is 16.4 Å². The second-order valence-corrected chi connectivity index (χ2v) is 6.19. The minimum Gasteiger partial charge on any atom is -0.468 e. The summed E-state index contributed by atoms with van der Waals surface area (Å²) in [6.45, 7) is 1.76. The van der Waals surface area contributed by atoms with E-state index in [0.29, 0.717) is 12.2 Å². The van der Waals surface area contributed by atoms with Crippen LogP contribution in [0.5, 0.6) is 0 Å². The Morgan fingerprint density at radius 3 is 2.50 bits per heavy atom. The van der Waals surface area contributed by atoms with Gasteiger partial charge in [-0.15, -0.1) is 0 Å². The van der Waals surface area contributed by atoms with Crippen LogP contribution in [0.2, 0.25) is 0 Å². The molecule has 0 fully saturated rings. The van der Waals surface area contributed by atoms with Crippen molar-refractivity contribution in [3.05, 3.63) is 54.0 Å². The Morgan fingerprint density at radius 2 is 1.95 bits per heavy atom. The maximum Gasteiger partial charge on any atom is 0.241 e. The van der Waals surface area contributed by atoms with Crippen molar-refractivity contribution in [2.75, 3.05) is 6.61 Å². The lowest BCUT2D eigenvalue weighted by molar-refractivity contribution is 0.299. The second-order valence-electron chi connectivity index (χ2n) is 4.48. The number of sulfonamides is 1. The van der Waals surface area contributed by atoms with Gasteiger partial charge in [-0.25, -0.2) is 13.1 Å². The summed E-state index contributed by atoms with van der Waals surface area (Å²) in [7, 11) is -3.59. The molecular weight excluding hydrogens is 278 g/mol. The maximum atomic E-state index is 12.2. The van der Waals surface area contributed by atoms with E-state index in [1.54, 1.807) is 31.2 Å². The predicted octanol–water partition coefficient (Wildman–Crippen LogP) is 1.85. The highest BCUT2D eigenvalue weighted by atomic mass is 32.2. The first-order chi connectivity index (χ1) is 9.53. The zero-order valence-corrected chi connectivity index (χ0v) is 11.9. The average Bonchev–Trinajstić information content (AvgIpc) is 2.93. The van der Waals surface area contributed by atoms with Gasteiger partial charge in [0, 0.05) is 6.61 Å². The summed E-state index contributed by atoms with van der Waals surface area (Å²) in [4.78, 5) is 0.192. The zero-order chi connectivity index (χ0) is 14.6. The van der Waals surface area contributed by atoms with E-state index in [-0.39, 0.29) is 11.5 Å². The van der Waals surface area contributed by atoms with E-state index in [9.17, 15) is 8.42 Å². The Bertz CT molecular complexity index is 632. The molecular formula is C14H17NO4S. The first kappa shape index (κ1) is 14.8. The van der Waals surface area contributed by atoms with Gasteiger partial charge < -0.3 is 9.52 Å². The topological polar surface area (TPSA) is 79.5 Å². The van der Waals surface area contributed by atoms with Gasteiger partial charge in [0.1, 0.15) is 5.76 Å². The molecule has 0 radical (unpaired) electrons. The molecule has 0 amide bonds. The minimum atomic E-state index is -3.59. The van der Waals surface area contributed by atoms with Crippen LogP contribution in [0.1, 0.15) is 24.3 Å². The van der Waals surface area contributed by atoms with Gasteiger partial charge in [-0.05, 0) is 43.2 Å². The molecule has 0 spiro atoms. The molecule has 2 N–H and O–H groups in total. The van der Waals surface area contributed by atoms with Crippen LogP contribution in [0.3, 0.4) is 0 Å². The van der Waals surface area contributed by atoms with E-state index in [1.165, 1.54) is 18.4 Å². The fourth-order valence-corrected chi connectivity index (χ4v) is 3.07. The van der Waals surface area contributed by atoms with E-state index in [0.717, 1.165) is 5.56 Å². The van der Waals surface area contributed by atoms with Gasteiger partial charge in [0.05, 0.1) is 17.2 Å². The number of rotatable bonds is 6. The Labute approximate surface area is 118 Å². The number of aliphatic hydroxyl groups excluding tert-OH is 1. The lowest BCUT2D eigenvalue weighted by Gasteiger charge is -2.12. The third kappa shape index (κ3) is 3.47. The second kappa shape index (κ2) is 6.21. The van der Waals surface area contributed by atoms with Crippen LogP contribution in [0.25, 0.3) is 0 Å². The third-order valence-corrected chi connectivity index (χ3v) is 4.49. The number of hydrogen-bond donors (Lipinski definition) is 2. The van der Waals surface area contributed by atoms with Crippen LogP contribution in [-0.4, -0.2) is 20.1 Å². The van der Waals surface area contributed by atoms with Gasteiger partial charge in [0.15, 0.2) is 0 Å². The Balaban J connectivity index is 2.13. The van der Waals surface area contributed by atoms with E-state index < -0.39 is 16.1 Å². The van der Waals surface area contributed by atoms with E-state index in [2.05, 4.69) is 4.72 Å². The molecule has 0 aliphatic rings. The first-order valence-electron chi connectivity index (χ1n) is 6.28. The Kier molecular flexibility index (Phi) is 4.59. The fraction of sp³-hybridized carbons (Fsp3) is 0.286. The monoisotopic (exact) mass is 295 g/mol. The van der Waals surface area contributed by atoms with Crippen molar-refractivity contribution in [3.8, 4) is 0 Å². The molecule has 1 aromatic carbocycles. The third-order valence-electron chi connectivity index (χ3n) is 2.94. The summed E-state index contributed by atoms with van der Waals surface area (Å²) >= 11 is 0. The number of nitrogens with one attached hydrogen (secondary N) is 1. The molecule has 2 aromatic rings. The molecule has 1 unspecified atom stereocenters. The van der Waals surface area contributed by atoms with Gasteiger partial charge in [0.2, 0.25) is 10.0 Å². The molecule has 108 valence electrons. The zero-order valence-electron chi connectivity index (χ0n) is 11.1. The van der Waals surface area contributed by atoms with Crippen LogP contribution in [0.15, 0.2) is 52.0 Å².